The van der Waals surface area contributed by atoms with E-state index >= 15 is 0 Å². The van der Waals surface area contributed by atoms with Crippen molar-refractivity contribution >= 4 is 17.6 Å². The summed E-state index contributed by atoms with van der Waals surface area (Å²) in [5.74, 6) is -0.217. The molecule has 1 unspecified atom stereocenters. The van der Waals surface area contributed by atoms with Gasteiger partial charge in [-0.1, -0.05) is 18.2 Å². The Hall–Kier alpha value is -1.88. The lowest BCUT2D eigenvalue weighted by atomic mass is 10.2. The molecule has 1 aliphatic rings. The highest BCUT2D eigenvalue weighted by molar-refractivity contribution is 6.21. The number of benzene rings is 1. The smallest absolute Gasteiger partial charge is 0.324 e. The van der Waals surface area contributed by atoms with Crippen LogP contribution in [0, 0.1) is 0 Å². The lowest BCUT2D eigenvalue weighted by Gasteiger charge is -2.12. The van der Waals surface area contributed by atoms with Gasteiger partial charge in [-0.2, -0.15) is 0 Å². The molecule has 1 atom stereocenters. The van der Waals surface area contributed by atoms with Crippen LogP contribution < -0.4 is 15.5 Å². The van der Waals surface area contributed by atoms with Gasteiger partial charge in [0, 0.05) is 6.54 Å². The number of rotatable bonds is 3. The quantitative estimate of drug-likeness (QED) is 0.720. The lowest BCUT2D eigenvalue weighted by Crippen LogP contribution is -2.38. The molecule has 1 aromatic carbocycles. The number of carbonyl (C=O) groups excluding carboxylic acids is 2. The van der Waals surface area contributed by atoms with Crippen LogP contribution in [0.4, 0.5) is 10.5 Å². The molecule has 0 aromatic heterocycles. The number of amides is 3. The number of hydrogen-bond acceptors (Lipinski definition) is 3. The van der Waals surface area contributed by atoms with Gasteiger partial charge in [0.05, 0.1) is 5.69 Å². The maximum atomic E-state index is 11.9. The van der Waals surface area contributed by atoms with Crippen molar-refractivity contribution in [2.45, 2.75) is 6.04 Å². The second-order valence-electron chi connectivity index (χ2n) is 3.57. The Morgan fingerprint density at radius 1 is 1.31 bits per heavy atom. The van der Waals surface area contributed by atoms with Gasteiger partial charge in [0.15, 0.2) is 0 Å². The van der Waals surface area contributed by atoms with Gasteiger partial charge in [-0.05, 0) is 19.2 Å². The van der Waals surface area contributed by atoms with Crippen molar-refractivity contribution in [3.05, 3.63) is 30.3 Å². The van der Waals surface area contributed by atoms with Gasteiger partial charge in [0.1, 0.15) is 6.04 Å². The highest BCUT2D eigenvalue weighted by atomic mass is 16.2. The van der Waals surface area contributed by atoms with E-state index in [1.807, 2.05) is 6.07 Å². The standard InChI is InChI=1S/C11H13N3O2/c1-12-7-9-10(15)14(11(16)13-9)8-5-3-2-4-6-8/h2-6,9,12H,7H2,1H3,(H,13,16). The molecular weight excluding hydrogens is 206 g/mol. The molecule has 3 amide bonds. The van der Waals surface area contributed by atoms with Crippen molar-refractivity contribution < 1.29 is 9.59 Å². The van der Waals surface area contributed by atoms with Crippen molar-refractivity contribution in [1.82, 2.24) is 10.6 Å². The first kappa shape index (κ1) is 10.6. The number of imide groups is 1. The average Bonchev–Trinajstić information content (AvgIpc) is 2.56. The number of anilines is 1. The van der Waals surface area contributed by atoms with Crippen molar-refractivity contribution in [2.24, 2.45) is 0 Å². The number of likely N-dealkylation sites (N-methyl/N-ethyl adjacent to an activating group) is 1. The topological polar surface area (TPSA) is 61.4 Å². The SMILES string of the molecule is CNCC1NC(=O)N(c2ccccc2)C1=O. The molecule has 1 heterocycles. The van der Waals surface area contributed by atoms with Gasteiger partial charge >= 0.3 is 6.03 Å². The molecule has 0 saturated carbocycles. The van der Waals surface area contributed by atoms with Crippen molar-refractivity contribution in [3.63, 3.8) is 0 Å². The summed E-state index contributed by atoms with van der Waals surface area (Å²) in [6.45, 7) is 0.438. The zero-order valence-corrected chi connectivity index (χ0v) is 8.93. The van der Waals surface area contributed by atoms with E-state index in [2.05, 4.69) is 10.6 Å². The van der Waals surface area contributed by atoms with Gasteiger partial charge in [-0.15, -0.1) is 0 Å². The molecule has 1 aromatic rings. The van der Waals surface area contributed by atoms with Crippen LogP contribution in [-0.4, -0.2) is 31.6 Å². The second kappa shape index (κ2) is 4.32. The minimum absolute atomic E-state index is 0.217. The molecule has 0 radical (unpaired) electrons. The Labute approximate surface area is 93.4 Å². The number of nitrogens with zero attached hydrogens (tertiary/aromatic N) is 1. The molecule has 2 rings (SSSR count). The number of hydrogen-bond donors (Lipinski definition) is 2. The van der Waals surface area contributed by atoms with Crippen LogP contribution in [0.5, 0.6) is 0 Å². The van der Waals surface area contributed by atoms with E-state index in [4.69, 9.17) is 0 Å². The van der Waals surface area contributed by atoms with Gasteiger partial charge in [-0.3, -0.25) is 4.79 Å². The zero-order valence-electron chi connectivity index (χ0n) is 8.93. The predicted molar refractivity (Wildman–Crippen MR) is 60.2 cm³/mol. The first-order chi connectivity index (χ1) is 7.74. The van der Waals surface area contributed by atoms with Crippen molar-refractivity contribution in [2.75, 3.05) is 18.5 Å². The molecule has 2 N–H and O–H groups in total. The fraction of sp³-hybridized carbons (Fsp3) is 0.273. The van der Waals surface area contributed by atoms with Crippen LogP contribution in [0.15, 0.2) is 30.3 Å². The molecule has 1 fully saturated rings. The number of nitrogens with one attached hydrogen (secondary N) is 2. The zero-order chi connectivity index (χ0) is 11.5. The molecule has 0 spiro atoms. The fourth-order valence-electron chi connectivity index (χ4n) is 1.70. The van der Waals surface area contributed by atoms with Crippen LogP contribution in [0.3, 0.4) is 0 Å². The van der Waals surface area contributed by atoms with Gasteiger partial charge in [-0.25, -0.2) is 9.69 Å². The summed E-state index contributed by atoms with van der Waals surface area (Å²) in [6, 6.07) is 8.06. The molecule has 84 valence electrons. The molecule has 5 heteroatoms. The molecule has 1 saturated heterocycles. The van der Waals surface area contributed by atoms with Crippen LogP contribution in [0.2, 0.25) is 0 Å². The molecule has 0 bridgehead atoms. The van der Waals surface area contributed by atoms with Gasteiger partial charge in [0.25, 0.3) is 5.91 Å². The third-order valence-corrected chi connectivity index (χ3v) is 2.44. The summed E-state index contributed by atoms with van der Waals surface area (Å²) in [7, 11) is 1.74. The summed E-state index contributed by atoms with van der Waals surface area (Å²) >= 11 is 0. The second-order valence-corrected chi connectivity index (χ2v) is 3.57. The highest BCUT2D eigenvalue weighted by Crippen LogP contribution is 2.18. The fourth-order valence-corrected chi connectivity index (χ4v) is 1.70. The number of carbonyl (C=O) groups is 2. The van der Waals surface area contributed by atoms with E-state index in [0.29, 0.717) is 12.2 Å². The molecule has 0 aliphatic carbocycles. The summed E-state index contributed by atoms with van der Waals surface area (Å²) in [5.41, 5.74) is 0.601. The minimum Gasteiger partial charge on any atom is -0.324 e. The predicted octanol–water partition coefficient (Wildman–Crippen LogP) is 0.331. The van der Waals surface area contributed by atoms with Crippen LogP contribution in [0.25, 0.3) is 0 Å². The number of para-hydroxylation sites is 1. The largest absolute Gasteiger partial charge is 0.329 e. The Kier molecular flexibility index (Phi) is 2.87. The summed E-state index contributed by atoms with van der Waals surface area (Å²) in [5, 5.41) is 5.50. The van der Waals surface area contributed by atoms with E-state index in [9.17, 15) is 9.59 Å². The highest BCUT2D eigenvalue weighted by Gasteiger charge is 2.38. The normalized spacial score (nSPS) is 20.1. The molecular formula is C11H13N3O2. The first-order valence-corrected chi connectivity index (χ1v) is 5.08. The van der Waals surface area contributed by atoms with Gasteiger partial charge < -0.3 is 10.6 Å². The lowest BCUT2D eigenvalue weighted by molar-refractivity contribution is -0.118. The Balaban J connectivity index is 2.23. The third-order valence-electron chi connectivity index (χ3n) is 2.44. The van der Waals surface area contributed by atoms with Crippen molar-refractivity contribution in [1.29, 1.82) is 0 Å². The maximum Gasteiger partial charge on any atom is 0.329 e. The van der Waals surface area contributed by atoms with Crippen LogP contribution >= 0.6 is 0 Å². The summed E-state index contributed by atoms with van der Waals surface area (Å²) in [6.07, 6.45) is 0. The summed E-state index contributed by atoms with van der Waals surface area (Å²) in [4.78, 5) is 24.7. The van der Waals surface area contributed by atoms with E-state index in [1.54, 1.807) is 31.3 Å². The van der Waals surface area contributed by atoms with E-state index in [1.165, 1.54) is 4.90 Å². The molecule has 1 aliphatic heterocycles. The average molecular weight is 219 g/mol. The van der Waals surface area contributed by atoms with E-state index in [0.717, 1.165) is 0 Å². The number of urea groups is 1. The Bertz CT molecular complexity index is 405. The summed E-state index contributed by atoms with van der Waals surface area (Å²) < 4.78 is 0. The van der Waals surface area contributed by atoms with E-state index < -0.39 is 6.04 Å². The van der Waals surface area contributed by atoms with E-state index in [-0.39, 0.29) is 11.9 Å². The maximum absolute atomic E-state index is 11.9. The minimum atomic E-state index is -0.474. The Morgan fingerprint density at radius 2 is 2.00 bits per heavy atom. The molecule has 16 heavy (non-hydrogen) atoms. The molecule has 5 nitrogen and oxygen atoms in total. The Morgan fingerprint density at radius 3 is 2.62 bits per heavy atom. The first-order valence-electron chi connectivity index (χ1n) is 5.08. The third kappa shape index (κ3) is 1.77. The van der Waals surface area contributed by atoms with Crippen molar-refractivity contribution in [3.8, 4) is 0 Å². The van der Waals surface area contributed by atoms with Crippen LogP contribution in [0.1, 0.15) is 0 Å². The van der Waals surface area contributed by atoms with Crippen LogP contribution in [-0.2, 0) is 4.79 Å². The monoisotopic (exact) mass is 219 g/mol. The van der Waals surface area contributed by atoms with Gasteiger partial charge in [0.2, 0.25) is 0 Å².